The summed E-state index contributed by atoms with van der Waals surface area (Å²) < 4.78 is 0. The van der Waals surface area contributed by atoms with E-state index in [1.54, 1.807) is 35.4 Å². The number of fused-ring (bicyclic) bond motifs is 1. The van der Waals surface area contributed by atoms with Crippen LogP contribution in [0, 0.1) is 0 Å². The highest BCUT2D eigenvalue weighted by Crippen LogP contribution is 2.47. The number of rotatable bonds is 4. The van der Waals surface area contributed by atoms with Crippen LogP contribution >= 0.6 is 0 Å². The fourth-order valence-corrected chi connectivity index (χ4v) is 4.64. The molecule has 3 aromatic rings. The Balaban J connectivity index is 1.59. The van der Waals surface area contributed by atoms with E-state index in [-0.39, 0.29) is 5.91 Å². The summed E-state index contributed by atoms with van der Waals surface area (Å²) in [5.74, 6) is -1.11. The summed E-state index contributed by atoms with van der Waals surface area (Å²) >= 11 is 0. The fourth-order valence-electron chi connectivity index (χ4n) is 4.64. The number of hydrogen-bond donors (Lipinski definition) is 0. The van der Waals surface area contributed by atoms with Gasteiger partial charge in [0.1, 0.15) is 6.04 Å². The Hall–Kier alpha value is -3.80. The number of carbonyl (C=O) groups excluding carboxylic acids is 3. The van der Waals surface area contributed by atoms with Crippen LogP contribution in [0.4, 0.5) is 0 Å². The molecule has 1 fully saturated rings. The molecule has 0 N–H and O–H groups in total. The lowest BCUT2D eigenvalue weighted by molar-refractivity contribution is -0.168. The minimum absolute atomic E-state index is 0.265. The summed E-state index contributed by atoms with van der Waals surface area (Å²) in [7, 11) is 0. The predicted octanol–water partition coefficient (Wildman–Crippen LogP) is 3.57. The zero-order chi connectivity index (χ0) is 21.8. The van der Waals surface area contributed by atoms with E-state index in [1.165, 1.54) is 0 Å². The van der Waals surface area contributed by atoms with Crippen LogP contribution in [-0.4, -0.2) is 38.5 Å². The maximum Gasteiger partial charge on any atom is 0.262 e. The Bertz CT molecular complexity index is 1160. The summed E-state index contributed by atoms with van der Waals surface area (Å²) in [6, 6.07) is 20.5. The topological polar surface area (TPSA) is 70.6 Å². The van der Waals surface area contributed by atoms with Crippen molar-refractivity contribution in [1.29, 1.82) is 0 Å². The minimum atomic E-state index is -0.891. The van der Waals surface area contributed by atoms with Gasteiger partial charge in [0, 0.05) is 6.20 Å². The first-order chi connectivity index (χ1) is 14.9. The molecular formula is C25H21N3O3. The van der Waals surface area contributed by atoms with Gasteiger partial charge in [-0.3, -0.25) is 24.3 Å². The van der Waals surface area contributed by atoms with Crippen molar-refractivity contribution in [3.05, 3.63) is 101 Å². The molecule has 154 valence electrons. The number of β-lactam (4-membered cyclic amide) rings is 1. The van der Waals surface area contributed by atoms with E-state index >= 15 is 0 Å². The maximum atomic E-state index is 13.5. The van der Waals surface area contributed by atoms with Crippen molar-refractivity contribution < 1.29 is 14.4 Å². The zero-order valence-corrected chi connectivity index (χ0v) is 17.2. The van der Waals surface area contributed by atoms with Crippen LogP contribution in [0.5, 0.6) is 0 Å². The highest BCUT2D eigenvalue weighted by atomic mass is 16.2. The van der Waals surface area contributed by atoms with Gasteiger partial charge >= 0.3 is 0 Å². The molecule has 2 aromatic carbocycles. The van der Waals surface area contributed by atoms with Crippen LogP contribution in [-0.2, 0) is 10.3 Å². The van der Waals surface area contributed by atoms with Crippen molar-refractivity contribution in [2.45, 2.75) is 31.5 Å². The van der Waals surface area contributed by atoms with Crippen molar-refractivity contribution in [3.63, 3.8) is 0 Å². The molecule has 1 saturated heterocycles. The second-order valence-corrected chi connectivity index (χ2v) is 8.31. The molecule has 2 aliphatic heterocycles. The number of benzene rings is 2. The summed E-state index contributed by atoms with van der Waals surface area (Å²) in [5.41, 5.74) is 1.57. The maximum absolute atomic E-state index is 13.5. The molecule has 0 aliphatic carbocycles. The Labute approximate surface area is 180 Å². The number of amides is 3. The van der Waals surface area contributed by atoms with E-state index in [2.05, 4.69) is 4.98 Å². The normalized spacial score (nSPS) is 20.6. The second-order valence-electron chi connectivity index (χ2n) is 8.31. The average molecular weight is 411 g/mol. The van der Waals surface area contributed by atoms with E-state index in [1.807, 2.05) is 62.4 Å². The molecule has 2 aliphatic rings. The number of pyridine rings is 1. The molecule has 2 atom stereocenters. The highest BCUT2D eigenvalue weighted by molar-refractivity contribution is 6.23. The number of imide groups is 1. The molecule has 0 radical (unpaired) electrons. The summed E-state index contributed by atoms with van der Waals surface area (Å²) in [6.45, 7) is 3.86. The van der Waals surface area contributed by atoms with Crippen molar-refractivity contribution in [2.75, 3.05) is 0 Å². The third-order valence-electron chi connectivity index (χ3n) is 6.21. The van der Waals surface area contributed by atoms with Gasteiger partial charge in [-0.15, -0.1) is 0 Å². The Morgan fingerprint density at radius 3 is 1.90 bits per heavy atom. The standard InChI is InChI=1S/C25H21N3O3/c1-25(2,19-14-8-9-15-26-19)28-20(16-10-4-3-5-11-16)21(24(28)31)27-22(29)17-12-6-7-13-18(17)23(27)30/h3-15,20-21H,1-2H3/t20-,21-/m0/s1. The lowest BCUT2D eigenvalue weighted by Crippen LogP contribution is -2.70. The van der Waals surface area contributed by atoms with Crippen molar-refractivity contribution in [1.82, 2.24) is 14.8 Å². The molecule has 6 nitrogen and oxygen atoms in total. The molecule has 0 bridgehead atoms. The number of nitrogens with zero attached hydrogens (tertiary/aromatic N) is 3. The summed E-state index contributed by atoms with van der Waals surface area (Å²) in [6.07, 6.45) is 1.69. The molecule has 6 heteroatoms. The lowest BCUT2D eigenvalue weighted by Gasteiger charge is -2.56. The third-order valence-corrected chi connectivity index (χ3v) is 6.21. The highest BCUT2D eigenvalue weighted by Gasteiger charge is 2.60. The Kier molecular flexibility index (Phi) is 4.25. The third kappa shape index (κ3) is 2.71. The number of hydrogen-bond acceptors (Lipinski definition) is 4. The summed E-state index contributed by atoms with van der Waals surface area (Å²) in [5, 5.41) is 0. The molecule has 1 aromatic heterocycles. The first-order valence-corrected chi connectivity index (χ1v) is 10.2. The van der Waals surface area contributed by atoms with Crippen LogP contribution in [0.3, 0.4) is 0 Å². The van der Waals surface area contributed by atoms with Crippen LogP contribution < -0.4 is 0 Å². The first-order valence-electron chi connectivity index (χ1n) is 10.2. The SMILES string of the molecule is CC(C)(c1ccccn1)N1C(=O)[C@@H](N2C(=O)c3ccccc3C2=O)[C@@H]1c1ccccc1. The van der Waals surface area contributed by atoms with Crippen molar-refractivity contribution >= 4 is 17.7 Å². The van der Waals surface area contributed by atoms with Crippen molar-refractivity contribution in [3.8, 4) is 0 Å². The van der Waals surface area contributed by atoms with Gasteiger partial charge in [-0.05, 0) is 43.7 Å². The molecular weight excluding hydrogens is 390 g/mol. The van der Waals surface area contributed by atoms with Crippen LogP contribution in [0.25, 0.3) is 0 Å². The molecule has 5 rings (SSSR count). The lowest BCUT2D eigenvalue weighted by atomic mass is 9.80. The van der Waals surface area contributed by atoms with E-state index in [4.69, 9.17) is 0 Å². The Morgan fingerprint density at radius 1 is 0.742 bits per heavy atom. The zero-order valence-electron chi connectivity index (χ0n) is 17.2. The quantitative estimate of drug-likeness (QED) is 0.486. The van der Waals surface area contributed by atoms with Gasteiger partial charge in [0.05, 0.1) is 28.4 Å². The van der Waals surface area contributed by atoms with E-state index < -0.39 is 29.4 Å². The number of likely N-dealkylation sites (tertiary alicyclic amines) is 1. The van der Waals surface area contributed by atoms with Gasteiger partial charge in [-0.25, -0.2) is 0 Å². The fraction of sp³-hybridized carbons (Fsp3) is 0.200. The van der Waals surface area contributed by atoms with Gasteiger partial charge in [-0.2, -0.15) is 0 Å². The molecule has 3 heterocycles. The molecule has 31 heavy (non-hydrogen) atoms. The van der Waals surface area contributed by atoms with Gasteiger partial charge < -0.3 is 4.90 Å². The van der Waals surface area contributed by atoms with Gasteiger partial charge in [0.25, 0.3) is 11.8 Å². The van der Waals surface area contributed by atoms with E-state index in [0.717, 1.165) is 16.2 Å². The first kappa shape index (κ1) is 19.2. The predicted molar refractivity (Wildman–Crippen MR) is 114 cm³/mol. The molecule has 0 spiro atoms. The molecule has 0 unspecified atom stereocenters. The van der Waals surface area contributed by atoms with Crippen LogP contribution in [0.2, 0.25) is 0 Å². The number of carbonyl (C=O) groups is 3. The van der Waals surface area contributed by atoms with Gasteiger partial charge in [-0.1, -0.05) is 48.5 Å². The van der Waals surface area contributed by atoms with Gasteiger partial charge in [0.2, 0.25) is 5.91 Å². The average Bonchev–Trinajstić information content (AvgIpc) is 3.04. The Morgan fingerprint density at radius 2 is 1.32 bits per heavy atom. The molecule has 3 amide bonds. The number of aromatic nitrogens is 1. The van der Waals surface area contributed by atoms with Crippen molar-refractivity contribution in [2.24, 2.45) is 0 Å². The minimum Gasteiger partial charge on any atom is -0.320 e. The van der Waals surface area contributed by atoms with E-state index in [0.29, 0.717) is 11.1 Å². The monoisotopic (exact) mass is 411 g/mol. The van der Waals surface area contributed by atoms with E-state index in [9.17, 15) is 14.4 Å². The largest absolute Gasteiger partial charge is 0.320 e. The smallest absolute Gasteiger partial charge is 0.262 e. The van der Waals surface area contributed by atoms with Crippen LogP contribution in [0.15, 0.2) is 79.0 Å². The van der Waals surface area contributed by atoms with Crippen LogP contribution in [0.1, 0.15) is 51.9 Å². The molecule has 0 saturated carbocycles. The van der Waals surface area contributed by atoms with Gasteiger partial charge in [0.15, 0.2) is 0 Å². The second kappa shape index (κ2) is 6.87. The summed E-state index contributed by atoms with van der Waals surface area (Å²) in [4.78, 5) is 47.1.